The number of nitrogens with one attached hydrogen (secondary N) is 1. The third-order valence-corrected chi connectivity index (χ3v) is 14.0. The van der Waals surface area contributed by atoms with E-state index in [4.69, 9.17) is 0 Å². The predicted octanol–water partition coefficient (Wildman–Crippen LogP) is 6.14. The summed E-state index contributed by atoms with van der Waals surface area (Å²) >= 11 is 0. The Balaban J connectivity index is 0.991. The van der Waals surface area contributed by atoms with Crippen LogP contribution < -0.4 is 10.2 Å². The van der Waals surface area contributed by atoms with Gasteiger partial charge in [0.2, 0.25) is 0 Å². The molecule has 3 heterocycles. The monoisotopic (exact) mass is 706 g/mol. The minimum Gasteiger partial charge on any atom is -0.465 e. The summed E-state index contributed by atoms with van der Waals surface area (Å²) in [6.07, 6.45) is 3.12. The first-order valence-electron chi connectivity index (χ1n) is 17.7. The number of rotatable bonds is 11. The van der Waals surface area contributed by atoms with E-state index in [1.807, 2.05) is 11.0 Å². The summed E-state index contributed by atoms with van der Waals surface area (Å²) in [4.78, 5) is 18.2. The number of carboxylic acid groups (broad SMARTS) is 1. The van der Waals surface area contributed by atoms with Crippen LogP contribution in [0.25, 0.3) is 0 Å². The molecule has 0 bridgehead atoms. The lowest BCUT2D eigenvalue weighted by Crippen LogP contribution is -2.64. The van der Waals surface area contributed by atoms with E-state index in [9.17, 15) is 31.5 Å². The summed E-state index contributed by atoms with van der Waals surface area (Å²) in [6.45, 7) is 3.95. The van der Waals surface area contributed by atoms with Crippen molar-refractivity contribution in [3.05, 3.63) is 59.9 Å². The average molecular weight is 707 g/mol. The molecule has 2 N–H and O–H groups in total. The Bertz CT molecular complexity index is 1600. The highest BCUT2D eigenvalue weighted by molar-refractivity contribution is 7.92. The van der Waals surface area contributed by atoms with Crippen LogP contribution in [0.1, 0.15) is 63.0 Å². The molecule has 2 saturated carbocycles. The highest BCUT2D eigenvalue weighted by atomic mass is 32.2. The highest BCUT2D eigenvalue weighted by Crippen LogP contribution is 2.49. The maximum Gasteiger partial charge on any atom is 0.404 e. The van der Waals surface area contributed by atoms with Gasteiger partial charge in [-0.1, -0.05) is 18.6 Å². The van der Waals surface area contributed by atoms with Crippen LogP contribution in [0.2, 0.25) is 0 Å². The number of carbonyl (C=O) groups is 1. The SMILES string of the molecule is O=C(O)N[C@H]1CCC[C@@H]1[C@H](C1CCN(CC2(F)CN(c3ccc(S(=O)(=O)C4CC(F)(F)C4)cc3)C2)CC1)[C@@H](c1cccc(F)c1)N1CCC1. The predicted molar refractivity (Wildman–Crippen MR) is 178 cm³/mol. The standard InChI is InChI=1S/C36H46F4N4O4S/c37-26-5-1-4-25(18-26)33(43-14-3-15-43)32(30-6-2-7-31(30)41-34(45)46)24-12-16-42(17-13-24)21-35(38)22-44(23-35)27-8-10-28(11-9-27)49(47,48)29-19-36(39,40)20-29/h1,4-5,8-11,18,24,29-33,41H,2-3,6-7,12-17,19-23H2,(H,45,46)/t30-,31-,32-,33+/m0/s1. The number of alkyl halides is 3. The normalized spacial score (nSPS) is 27.5. The summed E-state index contributed by atoms with van der Waals surface area (Å²) in [7, 11) is -3.83. The van der Waals surface area contributed by atoms with E-state index in [1.165, 1.54) is 18.2 Å². The Kier molecular flexibility index (Phi) is 9.40. The fraction of sp³-hybridized carbons (Fsp3) is 0.639. The van der Waals surface area contributed by atoms with E-state index < -0.39 is 45.6 Å². The molecule has 49 heavy (non-hydrogen) atoms. The Morgan fingerprint density at radius 2 is 1.63 bits per heavy atom. The second-order valence-electron chi connectivity index (χ2n) is 15.2. The van der Waals surface area contributed by atoms with Crippen LogP contribution in [0.15, 0.2) is 53.4 Å². The molecule has 0 aromatic heterocycles. The molecule has 13 heteroatoms. The van der Waals surface area contributed by atoms with Gasteiger partial charge >= 0.3 is 6.09 Å². The number of halogens is 4. The smallest absolute Gasteiger partial charge is 0.404 e. The second-order valence-corrected chi connectivity index (χ2v) is 17.4. The fourth-order valence-electron chi connectivity index (χ4n) is 9.30. The van der Waals surface area contributed by atoms with Crippen LogP contribution >= 0.6 is 0 Å². The molecule has 0 spiro atoms. The average Bonchev–Trinajstić information content (AvgIpc) is 3.45. The van der Waals surface area contributed by atoms with Gasteiger partial charge < -0.3 is 15.3 Å². The largest absolute Gasteiger partial charge is 0.465 e. The van der Waals surface area contributed by atoms with Gasteiger partial charge in [0.25, 0.3) is 5.92 Å². The molecule has 2 aliphatic carbocycles. The van der Waals surface area contributed by atoms with Gasteiger partial charge in [-0.2, -0.15) is 0 Å². The van der Waals surface area contributed by atoms with E-state index in [-0.39, 0.29) is 60.2 Å². The number of hydrogen-bond acceptors (Lipinski definition) is 6. The van der Waals surface area contributed by atoms with Crippen molar-refractivity contribution in [2.75, 3.05) is 50.7 Å². The fourth-order valence-corrected chi connectivity index (χ4v) is 11.1. The second kappa shape index (κ2) is 13.3. The van der Waals surface area contributed by atoms with Gasteiger partial charge in [0.1, 0.15) is 5.82 Å². The lowest BCUT2D eigenvalue weighted by molar-refractivity contribution is -0.0685. The Labute approximate surface area is 285 Å². The van der Waals surface area contributed by atoms with E-state index in [0.717, 1.165) is 70.3 Å². The van der Waals surface area contributed by atoms with E-state index in [2.05, 4.69) is 15.1 Å². The summed E-state index contributed by atoms with van der Waals surface area (Å²) in [5.41, 5.74) is 0.224. The van der Waals surface area contributed by atoms with Crippen molar-refractivity contribution in [1.29, 1.82) is 0 Å². The number of hydrogen-bond donors (Lipinski definition) is 2. The van der Waals surface area contributed by atoms with Crippen molar-refractivity contribution in [1.82, 2.24) is 15.1 Å². The number of likely N-dealkylation sites (tertiary alicyclic amines) is 2. The molecule has 5 aliphatic rings. The van der Waals surface area contributed by atoms with Gasteiger partial charge in [0, 0.05) is 37.2 Å². The maximum absolute atomic E-state index is 16.0. The van der Waals surface area contributed by atoms with Crippen LogP contribution in [-0.4, -0.2) is 98.1 Å². The minimum atomic E-state index is -3.83. The molecule has 0 radical (unpaired) electrons. The van der Waals surface area contributed by atoms with E-state index in [1.54, 1.807) is 24.3 Å². The van der Waals surface area contributed by atoms with Gasteiger partial charge in [-0.15, -0.1) is 0 Å². The molecule has 2 aromatic rings. The number of anilines is 1. The Morgan fingerprint density at radius 1 is 0.939 bits per heavy atom. The number of amides is 1. The molecule has 1 amide bonds. The zero-order valence-corrected chi connectivity index (χ0v) is 28.4. The number of sulfone groups is 1. The lowest BCUT2D eigenvalue weighted by Gasteiger charge is -2.51. The Hall–Kier alpha value is -2.90. The van der Waals surface area contributed by atoms with Gasteiger partial charge in [-0.05, 0) is 118 Å². The first-order valence-corrected chi connectivity index (χ1v) is 19.2. The van der Waals surface area contributed by atoms with Crippen LogP contribution in [0.5, 0.6) is 0 Å². The van der Waals surface area contributed by atoms with Crippen molar-refractivity contribution in [3.63, 3.8) is 0 Å². The first kappa shape index (κ1) is 34.5. The molecule has 268 valence electrons. The quantitative estimate of drug-likeness (QED) is 0.272. The number of piperidine rings is 1. The molecule has 3 aliphatic heterocycles. The zero-order valence-electron chi connectivity index (χ0n) is 27.6. The van der Waals surface area contributed by atoms with Crippen LogP contribution in [-0.2, 0) is 9.84 Å². The van der Waals surface area contributed by atoms with Gasteiger partial charge in [0.05, 0.1) is 23.2 Å². The van der Waals surface area contributed by atoms with Crippen molar-refractivity contribution < 1.29 is 35.9 Å². The summed E-state index contributed by atoms with van der Waals surface area (Å²) in [5, 5.41) is 11.4. The molecule has 8 nitrogen and oxygen atoms in total. The van der Waals surface area contributed by atoms with Crippen molar-refractivity contribution >= 4 is 21.6 Å². The summed E-state index contributed by atoms with van der Waals surface area (Å²) in [6, 6.07) is 12.8. The van der Waals surface area contributed by atoms with Crippen LogP contribution in [0.4, 0.5) is 28.0 Å². The minimum absolute atomic E-state index is 0.00839. The molecular weight excluding hydrogens is 660 g/mol. The molecular formula is C36H46F4N4O4S. The van der Waals surface area contributed by atoms with E-state index in [0.29, 0.717) is 5.69 Å². The van der Waals surface area contributed by atoms with Gasteiger partial charge in [-0.25, -0.2) is 30.8 Å². The van der Waals surface area contributed by atoms with Crippen molar-refractivity contribution in [2.45, 2.75) is 85.2 Å². The maximum atomic E-state index is 16.0. The first-order chi connectivity index (χ1) is 23.3. The molecule has 4 atom stereocenters. The zero-order chi connectivity index (χ0) is 34.6. The van der Waals surface area contributed by atoms with Crippen molar-refractivity contribution in [2.24, 2.45) is 17.8 Å². The van der Waals surface area contributed by atoms with Gasteiger partial charge in [-0.3, -0.25) is 9.80 Å². The third-order valence-electron chi connectivity index (χ3n) is 11.9. The molecule has 7 rings (SSSR count). The molecule has 2 aromatic carbocycles. The van der Waals surface area contributed by atoms with Crippen molar-refractivity contribution in [3.8, 4) is 0 Å². The number of nitrogens with zero attached hydrogens (tertiary/aromatic N) is 3. The highest BCUT2D eigenvalue weighted by Gasteiger charge is 2.52. The van der Waals surface area contributed by atoms with Crippen LogP contribution in [0, 0.1) is 23.6 Å². The topological polar surface area (TPSA) is 93.2 Å². The Morgan fingerprint density at radius 3 is 2.22 bits per heavy atom. The number of benzene rings is 2. The lowest BCUT2D eigenvalue weighted by atomic mass is 9.68. The van der Waals surface area contributed by atoms with Crippen LogP contribution in [0.3, 0.4) is 0 Å². The third kappa shape index (κ3) is 7.17. The van der Waals surface area contributed by atoms with Gasteiger partial charge in [0.15, 0.2) is 15.5 Å². The van der Waals surface area contributed by atoms with E-state index >= 15 is 4.39 Å². The molecule has 0 unspecified atom stereocenters. The summed E-state index contributed by atoms with van der Waals surface area (Å²) < 4.78 is 82.5. The molecule has 5 fully saturated rings. The molecule has 3 saturated heterocycles. The summed E-state index contributed by atoms with van der Waals surface area (Å²) in [5.74, 6) is -2.65.